The number of hydrogen-bond acceptors (Lipinski definition) is 10. The summed E-state index contributed by atoms with van der Waals surface area (Å²) >= 11 is 2.63. The molecule has 0 spiro atoms. The first-order valence-corrected chi connectivity index (χ1v) is 16.3. The number of fused-ring (bicyclic) bond motifs is 2. The lowest BCUT2D eigenvalue weighted by atomic mass is 10.0. The second-order valence-electron chi connectivity index (χ2n) is 10.6. The number of pyridine rings is 1. The molecule has 3 aromatic rings. The first kappa shape index (κ1) is 30.1. The Morgan fingerprint density at radius 1 is 1.18 bits per heavy atom. The molecule has 44 heavy (non-hydrogen) atoms. The van der Waals surface area contributed by atoms with Gasteiger partial charge in [-0.2, -0.15) is 10.3 Å². The Labute approximate surface area is 259 Å². The molecule has 2 saturated heterocycles. The van der Waals surface area contributed by atoms with E-state index < -0.39 is 40.4 Å². The van der Waals surface area contributed by atoms with Gasteiger partial charge in [0.05, 0.1) is 17.4 Å². The van der Waals surface area contributed by atoms with Crippen LogP contribution in [-0.2, 0) is 16.1 Å². The van der Waals surface area contributed by atoms with E-state index >= 15 is 4.39 Å². The highest BCUT2D eigenvalue weighted by Crippen LogP contribution is 2.41. The van der Waals surface area contributed by atoms with Gasteiger partial charge in [0, 0.05) is 55.8 Å². The monoisotopic (exact) mass is 642 g/mol. The van der Waals surface area contributed by atoms with Crippen molar-refractivity contribution in [3.05, 3.63) is 57.4 Å². The van der Waals surface area contributed by atoms with E-state index in [1.807, 2.05) is 11.8 Å². The van der Waals surface area contributed by atoms with Gasteiger partial charge in [0.2, 0.25) is 5.43 Å². The molecule has 2 fully saturated rings. The molecule has 3 N–H and O–H groups in total. The van der Waals surface area contributed by atoms with Gasteiger partial charge in [0.1, 0.15) is 33.5 Å². The van der Waals surface area contributed by atoms with E-state index in [0.29, 0.717) is 52.9 Å². The second kappa shape index (κ2) is 12.2. The van der Waals surface area contributed by atoms with Crippen molar-refractivity contribution in [3.63, 3.8) is 0 Å². The van der Waals surface area contributed by atoms with Crippen LogP contribution in [0.2, 0.25) is 0 Å². The van der Waals surface area contributed by atoms with Gasteiger partial charge < -0.3 is 24.8 Å². The van der Waals surface area contributed by atoms with Crippen LogP contribution in [0, 0.1) is 5.82 Å². The van der Waals surface area contributed by atoms with Gasteiger partial charge in [-0.3, -0.25) is 19.3 Å². The summed E-state index contributed by atoms with van der Waals surface area (Å²) in [6.07, 6.45) is 2.96. The lowest BCUT2D eigenvalue weighted by molar-refractivity contribution is -0.148. The summed E-state index contributed by atoms with van der Waals surface area (Å²) < 4.78 is 17.1. The normalized spacial score (nSPS) is 20.6. The Bertz CT molecular complexity index is 1720. The topological polar surface area (TPSA) is 157 Å². The van der Waals surface area contributed by atoms with E-state index in [0.717, 1.165) is 19.6 Å². The highest BCUT2D eigenvalue weighted by atomic mass is 32.2. The minimum absolute atomic E-state index is 0.0758. The number of nitrogens with zero attached hydrogens (tertiary/aromatic N) is 6. The van der Waals surface area contributed by atoms with Crippen LogP contribution in [0.3, 0.4) is 0 Å². The van der Waals surface area contributed by atoms with Gasteiger partial charge in [0.25, 0.3) is 11.8 Å². The maximum absolute atomic E-state index is 15.4. The lowest BCUT2D eigenvalue weighted by Crippen LogP contribution is -2.70. The molecule has 5 heterocycles. The van der Waals surface area contributed by atoms with Crippen molar-refractivity contribution in [1.29, 1.82) is 0 Å². The summed E-state index contributed by atoms with van der Waals surface area (Å²) in [5, 5.41) is 22.8. The third-order valence-corrected chi connectivity index (χ3v) is 10.5. The molecule has 16 heteroatoms. The van der Waals surface area contributed by atoms with Crippen molar-refractivity contribution < 1.29 is 23.9 Å². The van der Waals surface area contributed by atoms with E-state index in [4.69, 9.17) is 0 Å². The number of nitrogens with one attached hydrogen (secondary N) is 2. The van der Waals surface area contributed by atoms with Crippen LogP contribution in [0.25, 0.3) is 10.9 Å². The fourth-order valence-electron chi connectivity index (χ4n) is 5.81. The van der Waals surface area contributed by atoms with Gasteiger partial charge in [-0.05, 0) is 31.2 Å². The number of carboxylic acids is 1. The van der Waals surface area contributed by atoms with E-state index in [1.54, 1.807) is 10.6 Å². The van der Waals surface area contributed by atoms with Gasteiger partial charge in [-0.15, -0.1) is 16.9 Å². The minimum Gasteiger partial charge on any atom is -0.477 e. The molecular weight excluding hydrogens is 611 g/mol. The molecule has 2 amide bonds. The first-order valence-electron chi connectivity index (χ1n) is 14.2. The highest BCUT2D eigenvalue weighted by molar-refractivity contribution is 8.01. The van der Waals surface area contributed by atoms with Crippen LogP contribution >= 0.6 is 23.5 Å². The lowest BCUT2D eigenvalue weighted by Gasteiger charge is -2.49. The SMILES string of the molecule is CCN1CCN(c2cc3c(cc2F)c(=O)c(C(=O)NC2C(=O)N4C(C(=O)O)=C(CSc5cn[nH]n5)CS[C@@H]24)cn3CC)CC1. The molecule has 0 radical (unpaired) electrons. The first-order chi connectivity index (χ1) is 21.2. The zero-order valence-electron chi connectivity index (χ0n) is 24.1. The Kier molecular flexibility index (Phi) is 8.39. The second-order valence-corrected chi connectivity index (χ2v) is 12.7. The number of anilines is 1. The van der Waals surface area contributed by atoms with Crippen molar-refractivity contribution in [3.8, 4) is 0 Å². The molecule has 1 unspecified atom stereocenters. The van der Waals surface area contributed by atoms with Crippen LogP contribution in [0.15, 0.2) is 45.6 Å². The average molecular weight is 643 g/mol. The van der Waals surface area contributed by atoms with Crippen LogP contribution in [0.4, 0.5) is 10.1 Å². The van der Waals surface area contributed by atoms with Crippen molar-refractivity contribution >= 4 is 57.9 Å². The largest absolute Gasteiger partial charge is 0.477 e. The quantitative estimate of drug-likeness (QED) is 0.230. The molecular formula is C28H31FN8O5S2. The number of carbonyl (C=O) groups is 3. The summed E-state index contributed by atoms with van der Waals surface area (Å²) in [5.41, 5.74) is 0.531. The predicted molar refractivity (Wildman–Crippen MR) is 164 cm³/mol. The minimum atomic E-state index is -1.24. The number of likely N-dealkylation sites (N-methyl/N-ethyl adjacent to an activating group) is 1. The smallest absolute Gasteiger partial charge is 0.352 e. The highest BCUT2D eigenvalue weighted by Gasteiger charge is 2.54. The molecule has 232 valence electrons. The molecule has 1 aromatic carbocycles. The number of piperazine rings is 1. The van der Waals surface area contributed by atoms with Gasteiger partial charge in [0.15, 0.2) is 0 Å². The summed E-state index contributed by atoms with van der Waals surface area (Å²) in [4.78, 5) is 57.7. The number of H-pyrrole nitrogens is 1. The number of hydrogen-bond donors (Lipinski definition) is 3. The Balaban J connectivity index is 1.23. The molecule has 13 nitrogen and oxygen atoms in total. The summed E-state index contributed by atoms with van der Waals surface area (Å²) in [7, 11) is 0. The summed E-state index contributed by atoms with van der Waals surface area (Å²) in [5.74, 6) is -2.48. The summed E-state index contributed by atoms with van der Waals surface area (Å²) in [6, 6.07) is 1.85. The molecule has 3 aliphatic rings. The molecule has 2 aromatic heterocycles. The molecule has 0 saturated carbocycles. The molecule has 2 atom stereocenters. The Morgan fingerprint density at radius 3 is 2.61 bits per heavy atom. The van der Waals surface area contributed by atoms with Crippen molar-refractivity contribution in [2.24, 2.45) is 0 Å². The number of rotatable bonds is 9. The number of β-lactam (4-membered cyclic amide) rings is 1. The number of carboxylic acid groups (broad SMARTS) is 1. The number of amides is 2. The van der Waals surface area contributed by atoms with E-state index in [1.165, 1.54) is 46.9 Å². The number of aliphatic carboxylic acids is 1. The number of aryl methyl sites for hydroxylation is 1. The number of halogens is 1. The fraction of sp³-hybridized carbons (Fsp3) is 0.429. The molecule has 6 rings (SSSR count). The van der Waals surface area contributed by atoms with Crippen LogP contribution in [0.5, 0.6) is 0 Å². The van der Waals surface area contributed by atoms with E-state index in [-0.39, 0.29) is 16.6 Å². The van der Waals surface area contributed by atoms with Gasteiger partial charge >= 0.3 is 5.97 Å². The number of aromatic amines is 1. The Hall–Kier alpha value is -3.89. The van der Waals surface area contributed by atoms with Crippen molar-refractivity contribution in [2.45, 2.75) is 36.8 Å². The van der Waals surface area contributed by atoms with Crippen LogP contribution in [-0.4, -0.2) is 108 Å². The zero-order chi connectivity index (χ0) is 31.1. The van der Waals surface area contributed by atoms with Crippen LogP contribution < -0.4 is 15.6 Å². The van der Waals surface area contributed by atoms with Gasteiger partial charge in [-0.1, -0.05) is 18.7 Å². The summed E-state index contributed by atoms with van der Waals surface area (Å²) in [6.45, 7) is 8.27. The van der Waals surface area contributed by atoms with Crippen molar-refractivity contribution in [2.75, 3.05) is 49.1 Å². The number of aromatic nitrogens is 4. The van der Waals surface area contributed by atoms with Crippen molar-refractivity contribution in [1.82, 2.24) is 35.1 Å². The maximum atomic E-state index is 15.4. The molecule has 0 bridgehead atoms. The standard InChI is InChI=1S/C28H31FN8O5S2/c1-3-34-5-7-36(8-6-34)20-10-19-16(9-18(20)29)24(38)17(12-35(19)4-2)25(39)31-22-26(40)37-23(28(41)42)15(14-44-27(22)37)13-43-21-11-30-33-32-21/h9-12,22,27H,3-8,13-14H2,1-2H3,(H,31,39)(H,41,42)(H,30,32,33)/t22?,27-/m0/s1. The average Bonchev–Trinajstić information content (AvgIpc) is 3.56. The Morgan fingerprint density at radius 2 is 1.95 bits per heavy atom. The zero-order valence-corrected chi connectivity index (χ0v) is 25.7. The van der Waals surface area contributed by atoms with Gasteiger partial charge in [-0.25, -0.2) is 9.18 Å². The molecule has 3 aliphatic heterocycles. The molecule has 0 aliphatic carbocycles. The maximum Gasteiger partial charge on any atom is 0.352 e. The van der Waals surface area contributed by atoms with E-state index in [9.17, 15) is 24.3 Å². The fourth-order valence-corrected chi connectivity index (χ4v) is 8.07. The van der Waals surface area contributed by atoms with E-state index in [2.05, 4.69) is 32.6 Å². The number of thioether (sulfide) groups is 2. The predicted octanol–water partition coefficient (Wildman–Crippen LogP) is 1.57. The van der Waals surface area contributed by atoms with Crippen LogP contribution in [0.1, 0.15) is 24.2 Å². The number of carbonyl (C=O) groups excluding carboxylic acids is 2. The third kappa shape index (κ3) is 5.34. The third-order valence-electron chi connectivity index (χ3n) is 8.22. The number of benzene rings is 1.